The van der Waals surface area contributed by atoms with Crippen LogP contribution in [0.15, 0.2) is 0 Å². The van der Waals surface area contributed by atoms with Gasteiger partial charge in [-0.25, -0.2) is 9.18 Å². The number of alkyl halides is 1. The van der Waals surface area contributed by atoms with Crippen LogP contribution in [0.1, 0.15) is 53.9 Å². The second kappa shape index (κ2) is 12.1. The zero-order valence-electron chi connectivity index (χ0n) is 15.5. The van der Waals surface area contributed by atoms with E-state index >= 15 is 0 Å². The topological polar surface area (TPSA) is 102 Å². The van der Waals surface area contributed by atoms with Gasteiger partial charge in [0, 0.05) is 5.92 Å². The van der Waals surface area contributed by atoms with Gasteiger partial charge in [0.1, 0.15) is 0 Å². The molecule has 0 heterocycles. The van der Waals surface area contributed by atoms with Gasteiger partial charge >= 0.3 is 20.1 Å². The van der Waals surface area contributed by atoms with Crippen LogP contribution in [0, 0.1) is 17.8 Å². The molecule has 0 bridgehead atoms. The molecule has 0 radical (unpaired) electrons. The van der Waals surface area contributed by atoms with Gasteiger partial charge in [-0.1, -0.05) is 34.6 Å². The molecule has 3 unspecified atom stereocenters. The van der Waals surface area contributed by atoms with E-state index in [0.29, 0.717) is 12.8 Å². The highest BCUT2D eigenvalue weighted by Crippen LogP contribution is 2.21. The van der Waals surface area contributed by atoms with Gasteiger partial charge in [0.15, 0.2) is 12.5 Å². The molecule has 0 aromatic carbocycles. The minimum atomic E-state index is -2.18. The first-order chi connectivity index (χ1) is 11.5. The number of hydrogen-bond donors (Lipinski definition) is 2. The Morgan fingerprint density at radius 1 is 1.08 bits per heavy atom. The molecule has 0 aliphatic carbocycles. The standard InChI is InChI=1S/C16H29FNO6P/c1-10(2)14(19)23-15(11(3)4)24-16(20)18-13(17)7-6-12(5)8-9-25(21)22/h10-13,15H,6-9H2,1-5H3,(H-,18,20,21,22)/p+1/t12?,13?,15-/m1/s1. The summed E-state index contributed by atoms with van der Waals surface area (Å²) in [6.45, 7) is 8.60. The molecule has 0 saturated carbocycles. The summed E-state index contributed by atoms with van der Waals surface area (Å²) in [5, 5.41) is 2.06. The van der Waals surface area contributed by atoms with Crippen molar-refractivity contribution < 1.29 is 32.9 Å². The zero-order valence-corrected chi connectivity index (χ0v) is 16.4. The minimum absolute atomic E-state index is 0.0661. The van der Waals surface area contributed by atoms with Crippen molar-refractivity contribution in [2.75, 3.05) is 6.16 Å². The lowest BCUT2D eigenvalue weighted by molar-refractivity contribution is -0.178. The van der Waals surface area contributed by atoms with Crippen LogP contribution in [-0.2, 0) is 18.8 Å². The van der Waals surface area contributed by atoms with E-state index in [2.05, 4.69) is 5.32 Å². The molecule has 0 aromatic heterocycles. The summed E-state index contributed by atoms with van der Waals surface area (Å²) in [5.74, 6) is -1.07. The zero-order chi connectivity index (χ0) is 19.6. The number of carbonyl (C=O) groups is 2. The summed E-state index contributed by atoms with van der Waals surface area (Å²) in [6, 6.07) is 0. The van der Waals surface area contributed by atoms with Crippen molar-refractivity contribution in [1.82, 2.24) is 5.32 Å². The fourth-order valence-corrected chi connectivity index (χ4v) is 2.45. The summed E-state index contributed by atoms with van der Waals surface area (Å²) in [7, 11) is -2.18. The van der Waals surface area contributed by atoms with Crippen molar-refractivity contribution in [3.05, 3.63) is 0 Å². The third-order valence-electron chi connectivity index (χ3n) is 3.47. The van der Waals surface area contributed by atoms with Crippen LogP contribution in [-0.4, -0.2) is 35.7 Å². The van der Waals surface area contributed by atoms with Gasteiger partial charge in [0.05, 0.1) is 5.92 Å². The molecule has 0 aliphatic heterocycles. The maximum absolute atomic E-state index is 13.8. The fourth-order valence-electron chi connectivity index (χ4n) is 1.79. The second-order valence-corrected chi connectivity index (χ2v) is 7.92. The van der Waals surface area contributed by atoms with Crippen molar-refractivity contribution in [3.63, 3.8) is 0 Å². The first kappa shape index (κ1) is 23.7. The predicted octanol–water partition coefficient (Wildman–Crippen LogP) is 3.73. The SMILES string of the molecule is CC(CCC(F)NC(=O)O[C@@H](OC(=O)C(C)C)C(C)C)CC[P+](=O)O. The molecule has 4 atom stereocenters. The number of ether oxygens (including phenoxy) is 2. The highest BCUT2D eigenvalue weighted by molar-refractivity contribution is 7.37. The Morgan fingerprint density at radius 3 is 2.16 bits per heavy atom. The highest BCUT2D eigenvalue weighted by Gasteiger charge is 2.25. The number of esters is 1. The number of alkyl carbamates (subject to hydrolysis) is 1. The lowest BCUT2D eigenvalue weighted by atomic mass is 10.0. The van der Waals surface area contributed by atoms with E-state index in [1.165, 1.54) is 0 Å². The number of rotatable bonds is 11. The van der Waals surface area contributed by atoms with Crippen molar-refractivity contribution in [2.45, 2.75) is 66.5 Å². The van der Waals surface area contributed by atoms with E-state index in [0.717, 1.165) is 0 Å². The summed E-state index contributed by atoms with van der Waals surface area (Å²) in [5.41, 5.74) is 0. The number of amides is 1. The summed E-state index contributed by atoms with van der Waals surface area (Å²) >= 11 is 0. The molecule has 2 N–H and O–H groups in total. The average molecular weight is 382 g/mol. The third kappa shape index (κ3) is 11.8. The Labute approximate surface area is 149 Å². The molecule has 9 heteroatoms. The molecule has 0 rings (SSSR count). The Kier molecular flexibility index (Phi) is 11.5. The van der Waals surface area contributed by atoms with Crippen molar-refractivity contribution in [3.8, 4) is 0 Å². The quantitative estimate of drug-likeness (QED) is 0.244. The number of hydrogen-bond acceptors (Lipinski definition) is 5. The third-order valence-corrected chi connectivity index (χ3v) is 4.11. The molecule has 146 valence electrons. The van der Waals surface area contributed by atoms with Crippen LogP contribution < -0.4 is 5.32 Å². The van der Waals surface area contributed by atoms with Crippen LogP contribution in [0.2, 0.25) is 0 Å². The van der Waals surface area contributed by atoms with Crippen LogP contribution >= 0.6 is 8.03 Å². The fraction of sp³-hybridized carbons (Fsp3) is 0.875. The summed E-state index contributed by atoms with van der Waals surface area (Å²) in [4.78, 5) is 32.1. The molecular weight excluding hydrogens is 352 g/mol. The lowest BCUT2D eigenvalue weighted by Crippen LogP contribution is -2.38. The normalized spacial score (nSPS) is 15.5. The molecule has 0 aliphatic rings. The summed E-state index contributed by atoms with van der Waals surface area (Å²) < 4.78 is 34.5. The largest absolute Gasteiger partial charge is 0.505 e. The first-order valence-electron chi connectivity index (χ1n) is 8.48. The van der Waals surface area contributed by atoms with Gasteiger partial charge in [-0.2, -0.15) is 4.89 Å². The van der Waals surface area contributed by atoms with Gasteiger partial charge in [0.25, 0.3) is 6.29 Å². The van der Waals surface area contributed by atoms with E-state index in [-0.39, 0.29) is 30.3 Å². The van der Waals surface area contributed by atoms with Gasteiger partial charge in [-0.05, 0) is 29.7 Å². The molecule has 0 fully saturated rings. The number of nitrogens with one attached hydrogen (secondary N) is 1. The van der Waals surface area contributed by atoms with Gasteiger partial charge in [0.2, 0.25) is 0 Å². The van der Waals surface area contributed by atoms with E-state index in [9.17, 15) is 18.5 Å². The maximum atomic E-state index is 13.8. The molecule has 25 heavy (non-hydrogen) atoms. The average Bonchev–Trinajstić information content (AvgIpc) is 2.49. The van der Waals surface area contributed by atoms with Crippen molar-refractivity contribution in [2.24, 2.45) is 17.8 Å². The van der Waals surface area contributed by atoms with Gasteiger partial charge in [-0.3, -0.25) is 10.1 Å². The molecule has 0 saturated heterocycles. The first-order valence-corrected chi connectivity index (χ1v) is 9.87. The lowest BCUT2D eigenvalue weighted by Gasteiger charge is -2.23. The van der Waals surface area contributed by atoms with Crippen LogP contribution in [0.5, 0.6) is 0 Å². The highest BCUT2D eigenvalue weighted by atomic mass is 31.1. The van der Waals surface area contributed by atoms with Gasteiger partial charge in [-0.15, -0.1) is 0 Å². The maximum Gasteiger partial charge on any atom is 0.505 e. The molecule has 7 nitrogen and oxygen atoms in total. The number of carbonyl (C=O) groups excluding carboxylic acids is 2. The van der Waals surface area contributed by atoms with Crippen LogP contribution in [0.25, 0.3) is 0 Å². The van der Waals surface area contributed by atoms with Crippen molar-refractivity contribution in [1.29, 1.82) is 0 Å². The molecular formula is C16H30FNO6P+. The van der Waals surface area contributed by atoms with E-state index < -0.39 is 32.7 Å². The van der Waals surface area contributed by atoms with Crippen LogP contribution in [0.4, 0.5) is 9.18 Å². The second-order valence-electron chi connectivity index (χ2n) is 6.77. The number of halogens is 1. The van der Waals surface area contributed by atoms with Gasteiger partial charge < -0.3 is 9.47 Å². The Hall–Kier alpha value is -1.27. The van der Waals surface area contributed by atoms with Crippen molar-refractivity contribution >= 4 is 20.1 Å². The monoisotopic (exact) mass is 382 g/mol. The Morgan fingerprint density at radius 2 is 1.68 bits per heavy atom. The summed E-state index contributed by atoms with van der Waals surface area (Å²) in [6.07, 6.45) is -2.46. The van der Waals surface area contributed by atoms with E-state index in [4.69, 9.17) is 14.4 Å². The van der Waals surface area contributed by atoms with E-state index in [1.807, 2.05) is 6.92 Å². The van der Waals surface area contributed by atoms with Crippen LogP contribution in [0.3, 0.4) is 0 Å². The Balaban J connectivity index is 4.27. The Bertz CT molecular complexity index is 446. The predicted molar refractivity (Wildman–Crippen MR) is 91.8 cm³/mol. The molecule has 1 amide bonds. The smallest absolute Gasteiger partial charge is 0.425 e. The molecule has 0 spiro atoms. The molecule has 0 aromatic rings. The van der Waals surface area contributed by atoms with E-state index in [1.54, 1.807) is 27.7 Å². The minimum Gasteiger partial charge on any atom is -0.425 e.